The second-order valence-corrected chi connectivity index (χ2v) is 7.51. The van der Waals surface area contributed by atoms with Crippen LogP contribution in [0.15, 0.2) is 42.5 Å². The maximum atomic E-state index is 13.2. The third kappa shape index (κ3) is 6.99. The van der Waals surface area contributed by atoms with Crippen molar-refractivity contribution in [3.63, 3.8) is 0 Å². The Labute approximate surface area is 172 Å². The zero-order chi connectivity index (χ0) is 20.5. The number of hydrogen-bond donors (Lipinski definition) is 2. The van der Waals surface area contributed by atoms with Gasteiger partial charge >= 0.3 is 0 Å². The van der Waals surface area contributed by atoms with E-state index in [9.17, 15) is 9.50 Å². The molecule has 1 fully saturated rings. The number of aliphatic hydroxyl groups is 1. The Morgan fingerprint density at radius 2 is 1.93 bits per heavy atom. The summed E-state index contributed by atoms with van der Waals surface area (Å²) in [6.07, 6.45) is 2.65. The summed E-state index contributed by atoms with van der Waals surface area (Å²) in [7, 11) is 1.61. The summed E-state index contributed by atoms with van der Waals surface area (Å²) in [5.74, 6) is 1.09. The predicted octanol–water partition coefficient (Wildman–Crippen LogP) is 3.00. The lowest BCUT2D eigenvalue weighted by atomic mass is 10.1. The first kappa shape index (κ1) is 21.6. The zero-order valence-electron chi connectivity index (χ0n) is 17.1. The van der Waals surface area contributed by atoms with Crippen molar-refractivity contribution in [2.24, 2.45) is 0 Å². The van der Waals surface area contributed by atoms with Crippen molar-refractivity contribution in [1.29, 1.82) is 0 Å². The molecule has 3 rings (SSSR count). The number of nitrogens with one attached hydrogen (secondary N) is 1. The minimum Gasteiger partial charge on any atom is -0.493 e. The first-order valence-corrected chi connectivity index (χ1v) is 10.3. The van der Waals surface area contributed by atoms with Crippen molar-refractivity contribution in [2.45, 2.75) is 31.9 Å². The van der Waals surface area contributed by atoms with Gasteiger partial charge in [0.05, 0.1) is 7.11 Å². The average Bonchev–Trinajstić information content (AvgIpc) is 3.23. The van der Waals surface area contributed by atoms with Gasteiger partial charge in [0.15, 0.2) is 11.5 Å². The van der Waals surface area contributed by atoms with Gasteiger partial charge in [-0.1, -0.05) is 18.2 Å². The van der Waals surface area contributed by atoms with E-state index in [1.807, 2.05) is 24.3 Å². The van der Waals surface area contributed by atoms with E-state index in [1.165, 1.54) is 18.9 Å². The normalized spacial score (nSPS) is 15.4. The fraction of sp³-hybridized carbons (Fsp3) is 0.478. The van der Waals surface area contributed by atoms with E-state index >= 15 is 0 Å². The number of benzene rings is 2. The van der Waals surface area contributed by atoms with Gasteiger partial charge in [0.2, 0.25) is 0 Å². The second-order valence-electron chi connectivity index (χ2n) is 7.51. The maximum absolute atomic E-state index is 13.2. The molecule has 0 bridgehead atoms. The summed E-state index contributed by atoms with van der Waals surface area (Å²) in [5, 5.41) is 13.6. The molecule has 1 saturated heterocycles. The number of aliphatic hydroxyl groups excluding tert-OH is 1. The second kappa shape index (κ2) is 11.1. The Balaban J connectivity index is 1.47. The average molecular weight is 403 g/mol. The van der Waals surface area contributed by atoms with Gasteiger partial charge in [-0.05, 0) is 74.3 Å². The Hall–Kier alpha value is -2.15. The molecule has 1 atom stereocenters. The third-order valence-electron chi connectivity index (χ3n) is 5.14. The fourth-order valence-electron chi connectivity index (χ4n) is 3.60. The monoisotopic (exact) mass is 402 g/mol. The van der Waals surface area contributed by atoms with Gasteiger partial charge < -0.3 is 24.8 Å². The molecule has 0 spiro atoms. The van der Waals surface area contributed by atoms with Gasteiger partial charge in [-0.15, -0.1) is 0 Å². The number of β-amino-alcohol motifs (C(OH)–C–C–N with tert-alkyl or cyclic N) is 1. The molecule has 6 heteroatoms. The van der Waals surface area contributed by atoms with E-state index in [0.29, 0.717) is 24.6 Å². The van der Waals surface area contributed by atoms with Crippen LogP contribution < -0.4 is 14.8 Å². The molecule has 2 N–H and O–H groups in total. The molecule has 2 aromatic rings. The van der Waals surface area contributed by atoms with Gasteiger partial charge in [-0.2, -0.15) is 0 Å². The molecule has 29 heavy (non-hydrogen) atoms. The number of nitrogens with zero attached hydrogens (tertiary/aromatic N) is 1. The summed E-state index contributed by atoms with van der Waals surface area (Å²) >= 11 is 0. The minimum absolute atomic E-state index is 0.202. The topological polar surface area (TPSA) is 54.0 Å². The highest BCUT2D eigenvalue weighted by molar-refractivity contribution is 5.43. The summed E-state index contributed by atoms with van der Waals surface area (Å²) in [4.78, 5) is 2.27. The highest BCUT2D eigenvalue weighted by atomic mass is 19.1. The van der Waals surface area contributed by atoms with Crippen molar-refractivity contribution in [2.75, 3.05) is 39.9 Å². The van der Waals surface area contributed by atoms with Crippen LogP contribution in [0.3, 0.4) is 0 Å². The number of rotatable bonds is 11. The first-order chi connectivity index (χ1) is 14.1. The minimum atomic E-state index is -0.522. The van der Waals surface area contributed by atoms with E-state index in [2.05, 4.69) is 10.2 Å². The predicted molar refractivity (Wildman–Crippen MR) is 112 cm³/mol. The van der Waals surface area contributed by atoms with E-state index < -0.39 is 6.10 Å². The summed E-state index contributed by atoms with van der Waals surface area (Å²) in [5.41, 5.74) is 2.04. The molecular formula is C23H31FN2O3. The third-order valence-corrected chi connectivity index (χ3v) is 5.14. The van der Waals surface area contributed by atoms with E-state index in [0.717, 1.165) is 37.2 Å². The molecule has 0 saturated carbocycles. The van der Waals surface area contributed by atoms with Crippen LogP contribution in [0.25, 0.3) is 0 Å². The summed E-state index contributed by atoms with van der Waals surface area (Å²) in [6, 6.07) is 12.5. The van der Waals surface area contributed by atoms with E-state index in [-0.39, 0.29) is 12.4 Å². The van der Waals surface area contributed by atoms with Gasteiger partial charge in [-0.3, -0.25) is 0 Å². The lowest BCUT2D eigenvalue weighted by molar-refractivity contribution is 0.0746. The Kier molecular flexibility index (Phi) is 8.28. The molecular weight excluding hydrogens is 371 g/mol. The molecule has 0 aromatic heterocycles. The van der Waals surface area contributed by atoms with Gasteiger partial charge in [0, 0.05) is 13.1 Å². The van der Waals surface area contributed by atoms with Crippen LogP contribution in [0, 0.1) is 5.82 Å². The number of likely N-dealkylation sites (tertiary alicyclic amines) is 1. The number of halogens is 1. The Morgan fingerprint density at radius 3 is 2.69 bits per heavy atom. The van der Waals surface area contributed by atoms with Gasteiger partial charge in [0.25, 0.3) is 0 Å². The number of hydrogen-bond acceptors (Lipinski definition) is 5. The van der Waals surface area contributed by atoms with Crippen LogP contribution in [0.4, 0.5) is 4.39 Å². The molecule has 158 valence electrons. The molecule has 2 aromatic carbocycles. The van der Waals surface area contributed by atoms with E-state index in [4.69, 9.17) is 9.47 Å². The number of ether oxygens (including phenoxy) is 2. The molecule has 1 unspecified atom stereocenters. The molecule has 1 heterocycles. The molecule has 1 aliphatic heterocycles. The van der Waals surface area contributed by atoms with Crippen LogP contribution in [0.2, 0.25) is 0 Å². The zero-order valence-corrected chi connectivity index (χ0v) is 17.1. The Bertz CT molecular complexity index is 766. The highest BCUT2D eigenvalue weighted by Gasteiger charge is 2.17. The highest BCUT2D eigenvalue weighted by Crippen LogP contribution is 2.28. The molecule has 0 radical (unpaired) electrons. The molecule has 0 amide bonds. The maximum Gasteiger partial charge on any atom is 0.161 e. The van der Waals surface area contributed by atoms with Crippen LogP contribution >= 0.6 is 0 Å². The fourth-order valence-corrected chi connectivity index (χ4v) is 3.60. The van der Waals surface area contributed by atoms with Crippen molar-refractivity contribution >= 4 is 0 Å². The van der Waals surface area contributed by atoms with Crippen molar-refractivity contribution in [3.8, 4) is 11.5 Å². The van der Waals surface area contributed by atoms with Crippen molar-refractivity contribution < 1.29 is 19.0 Å². The summed E-state index contributed by atoms with van der Waals surface area (Å²) < 4.78 is 24.5. The lowest BCUT2D eigenvalue weighted by Crippen LogP contribution is -2.33. The number of methoxy groups -OCH3 is 1. The van der Waals surface area contributed by atoms with Crippen LogP contribution in [0.5, 0.6) is 11.5 Å². The molecule has 5 nitrogen and oxygen atoms in total. The standard InChI is InChI=1S/C23H31FN2O3/c1-28-22-8-7-19(15-25-10-9-18-5-4-6-20(24)13-18)14-23(22)29-17-21(27)16-26-11-2-3-12-26/h4-8,13-14,21,25,27H,2-3,9-12,15-17H2,1H3. The summed E-state index contributed by atoms with van der Waals surface area (Å²) in [6.45, 7) is 4.41. The molecule has 1 aliphatic rings. The van der Waals surface area contributed by atoms with E-state index in [1.54, 1.807) is 19.2 Å². The van der Waals surface area contributed by atoms with Gasteiger partial charge in [-0.25, -0.2) is 4.39 Å². The van der Waals surface area contributed by atoms with Gasteiger partial charge in [0.1, 0.15) is 18.5 Å². The largest absolute Gasteiger partial charge is 0.493 e. The van der Waals surface area contributed by atoms with Crippen molar-refractivity contribution in [3.05, 3.63) is 59.4 Å². The van der Waals surface area contributed by atoms with Crippen LogP contribution in [0.1, 0.15) is 24.0 Å². The first-order valence-electron chi connectivity index (χ1n) is 10.3. The smallest absolute Gasteiger partial charge is 0.161 e. The van der Waals surface area contributed by atoms with Crippen LogP contribution in [-0.2, 0) is 13.0 Å². The quantitative estimate of drug-likeness (QED) is 0.566. The SMILES string of the molecule is COc1ccc(CNCCc2cccc(F)c2)cc1OCC(O)CN1CCCC1. The van der Waals surface area contributed by atoms with Crippen molar-refractivity contribution in [1.82, 2.24) is 10.2 Å². The molecule has 0 aliphatic carbocycles. The Morgan fingerprint density at radius 1 is 1.10 bits per heavy atom. The van der Waals surface area contributed by atoms with Crippen LogP contribution in [-0.4, -0.2) is 56.0 Å². The lowest BCUT2D eigenvalue weighted by Gasteiger charge is -2.20.